The number of nitrogens with zero attached hydrogens (tertiary/aromatic N) is 4. The van der Waals surface area contributed by atoms with E-state index < -0.39 is 62.2 Å². The largest absolute Gasteiger partial charge is 0.464 e. The number of aliphatic hydroxyl groups is 2. The van der Waals surface area contributed by atoms with Crippen LogP contribution in [0, 0.1) is 23.2 Å². The number of esters is 2. The lowest BCUT2D eigenvalue weighted by molar-refractivity contribution is -0.147. The number of ether oxygens (including phenoxy) is 3. The Morgan fingerprint density at radius 3 is 2.22 bits per heavy atom. The van der Waals surface area contributed by atoms with E-state index in [9.17, 15) is 29.6 Å². The number of carbonyl (C=O) groups is 2. The lowest BCUT2D eigenvalue weighted by atomic mass is 9.86. The number of fused-ring (bicyclic) bond motifs is 1. The number of nitrogens with two attached hydrogens (primary N) is 1. The Labute approximate surface area is 260 Å². The van der Waals surface area contributed by atoms with Gasteiger partial charge in [0.25, 0.3) is 0 Å². The van der Waals surface area contributed by atoms with Gasteiger partial charge in [0.05, 0.1) is 18.9 Å². The molecule has 45 heavy (non-hydrogen) atoms. The van der Waals surface area contributed by atoms with E-state index in [1.807, 2.05) is 6.07 Å². The van der Waals surface area contributed by atoms with E-state index in [1.165, 1.54) is 24.7 Å². The summed E-state index contributed by atoms with van der Waals surface area (Å²) in [5.74, 6) is -0.639. The number of aliphatic hydroxyl groups excluding tert-OH is 2. The molecule has 1 saturated heterocycles. The van der Waals surface area contributed by atoms with Crippen LogP contribution in [0.3, 0.4) is 0 Å². The van der Waals surface area contributed by atoms with E-state index in [1.54, 1.807) is 12.1 Å². The van der Waals surface area contributed by atoms with E-state index in [0.29, 0.717) is 5.52 Å². The van der Waals surface area contributed by atoms with E-state index in [-0.39, 0.29) is 36.6 Å². The molecule has 246 valence electrons. The number of rotatable bonds is 14. The predicted molar refractivity (Wildman–Crippen MR) is 157 cm³/mol. The van der Waals surface area contributed by atoms with Crippen LogP contribution < -0.4 is 15.9 Å². The third-order valence-electron chi connectivity index (χ3n) is 8.71. The zero-order chi connectivity index (χ0) is 32.4. The SMILES string of the molecule is C[C@H](NP(=O)(N[C@@H](C)C(=O)OCC1CCC1)OC[C@@]1(C#N)O[C@@H](c2ccc3c(N)ncnn23)[C@H](O)[C@@H]1O)C(=O)OCC1CCC1. The second-order valence-corrected chi connectivity index (χ2v) is 13.9. The number of anilines is 1. The van der Waals surface area contributed by atoms with Crippen LogP contribution in [0.2, 0.25) is 0 Å². The van der Waals surface area contributed by atoms with Gasteiger partial charge in [-0.1, -0.05) is 12.8 Å². The zero-order valence-corrected chi connectivity index (χ0v) is 26.1. The summed E-state index contributed by atoms with van der Waals surface area (Å²) in [7, 11) is -4.37. The highest BCUT2D eigenvalue weighted by molar-refractivity contribution is 7.54. The molecule has 6 atom stereocenters. The van der Waals surface area contributed by atoms with Gasteiger partial charge in [-0.3, -0.25) is 14.2 Å². The maximum Gasteiger partial charge on any atom is 0.342 e. The summed E-state index contributed by atoms with van der Waals surface area (Å²) >= 11 is 0. The summed E-state index contributed by atoms with van der Waals surface area (Å²) in [5, 5.41) is 41.4. The summed E-state index contributed by atoms with van der Waals surface area (Å²) in [6.45, 7) is 2.48. The molecule has 0 spiro atoms. The molecule has 3 aliphatic rings. The van der Waals surface area contributed by atoms with Gasteiger partial charge < -0.3 is 34.7 Å². The third kappa shape index (κ3) is 7.15. The van der Waals surface area contributed by atoms with Crippen molar-refractivity contribution in [3.8, 4) is 6.07 Å². The van der Waals surface area contributed by atoms with Gasteiger partial charge in [-0.25, -0.2) is 19.7 Å². The van der Waals surface area contributed by atoms with Gasteiger partial charge in [0.15, 0.2) is 5.82 Å². The number of aromatic nitrogens is 3. The highest BCUT2D eigenvalue weighted by atomic mass is 31.2. The highest BCUT2D eigenvalue weighted by Crippen LogP contribution is 2.45. The molecule has 2 aromatic heterocycles. The number of nitrogen functional groups attached to an aromatic ring is 1. The van der Waals surface area contributed by atoms with E-state index in [0.717, 1.165) is 38.5 Å². The van der Waals surface area contributed by atoms with Crippen LogP contribution in [-0.2, 0) is 32.9 Å². The van der Waals surface area contributed by atoms with Gasteiger partial charge in [-0.15, -0.1) is 0 Å². The van der Waals surface area contributed by atoms with Gasteiger partial charge >= 0.3 is 19.6 Å². The average Bonchev–Trinajstić information content (AvgIpc) is 3.50. The van der Waals surface area contributed by atoms with Gasteiger partial charge in [-0.2, -0.15) is 10.4 Å². The zero-order valence-electron chi connectivity index (χ0n) is 25.2. The molecule has 3 fully saturated rings. The second-order valence-electron chi connectivity index (χ2n) is 12.1. The molecule has 5 rings (SSSR count). The Bertz CT molecular complexity index is 1430. The monoisotopic (exact) mass is 649 g/mol. The second kappa shape index (κ2) is 13.7. The molecule has 0 amide bonds. The molecule has 2 aromatic rings. The fourth-order valence-electron chi connectivity index (χ4n) is 5.36. The summed E-state index contributed by atoms with van der Waals surface area (Å²) in [4.78, 5) is 29.4. The Balaban J connectivity index is 1.31. The number of hydrogen-bond acceptors (Lipinski definition) is 13. The van der Waals surface area contributed by atoms with Crippen molar-refractivity contribution in [1.82, 2.24) is 24.8 Å². The Morgan fingerprint density at radius 1 is 1.13 bits per heavy atom. The lowest BCUT2D eigenvalue weighted by Gasteiger charge is -2.31. The minimum atomic E-state index is -4.37. The van der Waals surface area contributed by atoms with Crippen molar-refractivity contribution in [3.05, 3.63) is 24.2 Å². The number of hydrogen-bond donors (Lipinski definition) is 5. The molecule has 3 heterocycles. The fraction of sp³-hybridized carbons (Fsp3) is 0.679. The molecule has 0 radical (unpaired) electrons. The van der Waals surface area contributed by atoms with Gasteiger partial charge in [0.1, 0.15) is 54.9 Å². The average molecular weight is 650 g/mol. The fourth-order valence-corrected chi connectivity index (χ4v) is 7.19. The molecule has 0 aromatic carbocycles. The van der Waals surface area contributed by atoms with Crippen molar-refractivity contribution in [2.24, 2.45) is 11.8 Å². The maximum atomic E-state index is 14.2. The van der Waals surface area contributed by atoms with Crippen LogP contribution >= 0.6 is 7.67 Å². The Morgan fingerprint density at radius 2 is 1.71 bits per heavy atom. The first-order valence-electron chi connectivity index (χ1n) is 15.1. The molecule has 6 N–H and O–H groups in total. The molecule has 17 heteroatoms. The Hall–Kier alpha value is -3.16. The molecule has 0 unspecified atom stereocenters. The van der Waals surface area contributed by atoms with E-state index >= 15 is 0 Å². The molecule has 0 bridgehead atoms. The summed E-state index contributed by atoms with van der Waals surface area (Å²) in [6, 6.07) is 2.69. The van der Waals surface area contributed by atoms with Crippen LogP contribution in [0.4, 0.5) is 5.82 Å². The van der Waals surface area contributed by atoms with Gasteiger partial charge in [0, 0.05) is 0 Å². The lowest BCUT2D eigenvalue weighted by Crippen LogP contribution is -2.48. The van der Waals surface area contributed by atoms with Crippen LogP contribution in [0.1, 0.15) is 64.2 Å². The first-order chi connectivity index (χ1) is 21.4. The molecule has 16 nitrogen and oxygen atoms in total. The van der Waals surface area contributed by atoms with Crippen molar-refractivity contribution in [2.45, 2.75) is 88.4 Å². The first kappa shape index (κ1) is 33.2. The summed E-state index contributed by atoms with van der Waals surface area (Å²) in [6.07, 6.45) is 2.49. The quantitative estimate of drug-likeness (QED) is 0.143. The van der Waals surface area contributed by atoms with Crippen LogP contribution in [0.25, 0.3) is 5.52 Å². The predicted octanol–water partition coefficient (Wildman–Crippen LogP) is 1.13. The van der Waals surface area contributed by atoms with Crippen LogP contribution in [0.5, 0.6) is 0 Å². The standard InChI is InChI=1S/C28H40N7O9P/c1-16(26(38)41-11-18-5-3-6-18)33-45(40,34-17(2)27(39)42-12-19-7-4-8-19)43-14-28(13-29)24(37)22(36)23(44-28)20-9-10-21-25(30)31-15-32-35(20)21/h9-10,15-19,22-24,36-37H,3-8,11-12,14H2,1-2H3,(H2,30,31,32)(H2,33,34,40)/t16-,17-,22-,23-,24-,28+/m0/s1. The van der Waals surface area contributed by atoms with Crippen molar-refractivity contribution < 1.29 is 43.1 Å². The van der Waals surface area contributed by atoms with Crippen molar-refractivity contribution in [1.29, 1.82) is 5.26 Å². The third-order valence-corrected chi connectivity index (χ3v) is 10.7. The summed E-state index contributed by atoms with van der Waals surface area (Å²) in [5.41, 5.74) is 4.38. The molecular weight excluding hydrogens is 609 g/mol. The molecule has 2 aliphatic carbocycles. The summed E-state index contributed by atoms with van der Waals surface area (Å²) < 4.78 is 37.9. The smallest absolute Gasteiger partial charge is 0.342 e. The maximum absolute atomic E-state index is 14.2. The highest BCUT2D eigenvalue weighted by Gasteiger charge is 2.57. The van der Waals surface area contributed by atoms with Crippen LogP contribution in [0.15, 0.2) is 18.5 Å². The minimum Gasteiger partial charge on any atom is -0.464 e. The number of nitrogens with one attached hydrogen (secondary N) is 2. The van der Waals surface area contributed by atoms with Crippen molar-refractivity contribution >= 4 is 30.9 Å². The molecule has 1 aliphatic heterocycles. The van der Waals surface area contributed by atoms with Crippen molar-refractivity contribution in [2.75, 3.05) is 25.6 Å². The molecular formula is C28H40N7O9P. The minimum absolute atomic E-state index is 0.165. The number of nitriles is 1. The number of carbonyl (C=O) groups excluding carboxylic acids is 2. The Kier molecular flexibility index (Phi) is 10.1. The van der Waals surface area contributed by atoms with Gasteiger partial charge in [0.2, 0.25) is 5.60 Å². The van der Waals surface area contributed by atoms with Gasteiger partial charge in [-0.05, 0) is 63.5 Å². The first-order valence-corrected chi connectivity index (χ1v) is 16.7. The molecule has 2 saturated carbocycles. The van der Waals surface area contributed by atoms with E-state index in [4.69, 9.17) is 24.5 Å². The normalized spacial score (nSPS) is 26.9. The topological polar surface area (TPSA) is 233 Å². The van der Waals surface area contributed by atoms with Crippen LogP contribution in [-0.4, -0.2) is 86.5 Å². The van der Waals surface area contributed by atoms with E-state index in [2.05, 4.69) is 20.3 Å². The van der Waals surface area contributed by atoms with Crippen molar-refractivity contribution in [3.63, 3.8) is 0 Å².